The Labute approximate surface area is 97.2 Å². The molecule has 0 bridgehead atoms. The molecule has 0 radical (unpaired) electrons. The number of rotatable bonds is 1. The molecule has 1 aromatic rings. The van der Waals surface area contributed by atoms with Crippen molar-refractivity contribution >= 4 is 22.0 Å². The van der Waals surface area contributed by atoms with Crippen molar-refractivity contribution in [3.8, 4) is 0 Å². The number of carbonyl (C=O) groups is 1. The first-order chi connectivity index (χ1) is 7.15. The predicted octanol–water partition coefficient (Wildman–Crippen LogP) is 1.97. The van der Waals surface area contributed by atoms with E-state index < -0.39 is 6.03 Å². The highest BCUT2D eigenvalue weighted by molar-refractivity contribution is 9.10. The summed E-state index contributed by atoms with van der Waals surface area (Å²) >= 11 is 3.46. The molecule has 0 heterocycles. The van der Waals surface area contributed by atoms with Crippen LogP contribution in [0.25, 0.3) is 0 Å². The number of amides is 2. The third-order valence-electron chi connectivity index (χ3n) is 2.74. The van der Waals surface area contributed by atoms with Gasteiger partial charge in [0.2, 0.25) is 0 Å². The fraction of sp³-hybridized carbons (Fsp3) is 0.364. The summed E-state index contributed by atoms with van der Waals surface area (Å²) in [5.41, 5.74) is 7.79. The molecule has 0 saturated carbocycles. The Bertz CT molecular complexity index is 392. The highest BCUT2D eigenvalue weighted by Crippen LogP contribution is 2.24. The molecule has 0 spiro atoms. The van der Waals surface area contributed by atoms with Gasteiger partial charge in [0.15, 0.2) is 0 Å². The van der Waals surface area contributed by atoms with Crippen LogP contribution in [0, 0.1) is 0 Å². The van der Waals surface area contributed by atoms with E-state index in [-0.39, 0.29) is 6.04 Å². The van der Waals surface area contributed by atoms with E-state index >= 15 is 0 Å². The number of carbonyl (C=O) groups excluding carboxylic acids is 1. The molecule has 2 rings (SSSR count). The summed E-state index contributed by atoms with van der Waals surface area (Å²) in [5.74, 6) is 0. The Kier molecular flexibility index (Phi) is 2.95. The molecular formula is C11H13BrN2O. The van der Waals surface area contributed by atoms with Gasteiger partial charge in [-0.25, -0.2) is 4.79 Å². The van der Waals surface area contributed by atoms with Gasteiger partial charge < -0.3 is 11.1 Å². The van der Waals surface area contributed by atoms with Crippen LogP contribution >= 0.6 is 15.9 Å². The normalized spacial score (nSPS) is 19.4. The van der Waals surface area contributed by atoms with Crippen molar-refractivity contribution in [3.05, 3.63) is 33.8 Å². The molecule has 1 aliphatic carbocycles. The van der Waals surface area contributed by atoms with Crippen LogP contribution in [0.15, 0.2) is 22.7 Å². The third-order valence-corrected chi connectivity index (χ3v) is 3.24. The summed E-state index contributed by atoms with van der Waals surface area (Å²) in [6, 6.07) is 6.05. The van der Waals surface area contributed by atoms with Crippen LogP contribution in [-0.4, -0.2) is 12.1 Å². The molecule has 0 saturated heterocycles. The molecule has 1 aromatic carbocycles. The number of hydrogen-bond acceptors (Lipinski definition) is 1. The topological polar surface area (TPSA) is 55.1 Å². The number of primary amides is 1. The van der Waals surface area contributed by atoms with Gasteiger partial charge in [-0.3, -0.25) is 0 Å². The lowest BCUT2D eigenvalue weighted by atomic mass is 9.88. The van der Waals surface area contributed by atoms with Crippen LogP contribution in [0.2, 0.25) is 0 Å². The molecule has 0 fully saturated rings. The summed E-state index contributed by atoms with van der Waals surface area (Å²) in [6.45, 7) is 0. The van der Waals surface area contributed by atoms with Gasteiger partial charge >= 0.3 is 6.03 Å². The second-order valence-corrected chi connectivity index (χ2v) is 4.78. The Morgan fingerprint density at radius 1 is 1.47 bits per heavy atom. The van der Waals surface area contributed by atoms with Crippen molar-refractivity contribution in [2.75, 3.05) is 0 Å². The summed E-state index contributed by atoms with van der Waals surface area (Å²) in [7, 11) is 0. The van der Waals surface area contributed by atoms with E-state index in [0.717, 1.165) is 23.7 Å². The Hall–Kier alpha value is -1.03. The molecule has 0 aliphatic heterocycles. The van der Waals surface area contributed by atoms with Crippen LogP contribution < -0.4 is 11.1 Å². The Morgan fingerprint density at radius 2 is 2.27 bits per heavy atom. The Balaban J connectivity index is 2.13. The van der Waals surface area contributed by atoms with Crippen LogP contribution in [0.1, 0.15) is 17.5 Å². The van der Waals surface area contributed by atoms with Crippen molar-refractivity contribution in [1.82, 2.24) is 5.32 Å². The molecule has 1 unspecified atom stereocenters. The van der Waals surface area contributed by atoms with Gasteiger partial charge in [0.1, 0.15) is 0 Å². The van der Waals surface area contributed by atoms with Gasteiger partial charge in [-0.2, -0.15) is 0 Å². The number of halogens is 1. The maximum atomic E-state index is 10.7. The van der Waals surface area contributed by atoms with Crippen molar-refractivity contribution in [2.24, 2.45) is 5.73 Å². The Morgan fingerprint density at radius 3 is 3.00 bits per heavy atom. The summed E-state index contributed by atoms with van der Waals surface area (Å²) in [4.78, 5) is 10.7. The van der Waals surface area contributed by atoms with Crippen LogP contribution in [0.4, 0.5) is 4.79 Å². The molecule has 1 atom stereocenters. The van der Waals surface area contributed by atoms with Gasteiger partial charge in [-0.1, -0.05) is 22.0 Å². The second-order valence-electron chi connectivity index (χ2n) is 3.86. The fourth-order valence-electron chi connectivity index (χ4n) is 2.05. The van der Waals surface area contributed by atoms with Crippen LogP contribution in [0.5, 0.6) is 0 Å². The van der Waals surface area contributed by atoms with Crippen molar-refractivity contribution in [3.63, 3.8) is 0 Å². The predicted molar refractivity (Wildman–Crippen MR) is 62.7 cm³/mol. The van der Waals surface area contributed by atoms with E-state index in [2.05, 4.69) is 33.4 Å². The highest BCUT2D eigenvalue weighted by atomic mass is 79.9. The van der Waals surface area contributed by atoms with Gasteiger partial charge in [0.25, 0.3) is 0 Å². The van der Waals surface area contributed by atoms with Gasteiger partial charge in [0, 0.05) is 10.5 Å². The van der Waals surface area contributed by atoms with Crippen LogP contribution in [0.3, 0.4) is 0 Å². The number of hydrogen-bond donors (Lipinski definition) is 2. The van der Waals surface area contributed by atoms with E-state index in [4.69, 9.17) is 5.73 Å². The monoisotopic (exact) mass is 268 g/mol. The van der Waals surface area contributed by atoms with Gasteiger partial charge in [-0.15, -0.1) is 0 Å². The second kappa shape index (κ2) is 4.23. The smallest absolute Gasteiger partial charge is 0.312 e. The molecule has 2 amide bonds. The lowest BCUT2D eigenvalue weighted by Crippen LogP contribution is -2.41. The van der Waals surface area contributed by atoms with Gasteiger partial charge in [0.05, 0.1) is 0 Å². The van der Waals surface area contributed by atoms with Crippen molar-refractivity contribution in [1.29, 1.82) is 0 Å². The zero-order valence-corrected chi connectivity index (χ0v) is 9.88. The minimum absolute atomic E-state index is 0.191. The maximum Gasteiger partial charge on any atom is 0.312 e. The summed E-state index contributed by atoms with van der Waals surface area (Å²) in [5, 5.41) is 2.76. The first-order valence-electron chi connectivity index (χ1n) is 4.98. The molecule has 3 nitrogen and oxygen atoms in total. The summed E-state index contributed by atoms with van der Waals surface area (Å²) in [6.07, 6.45) is 2.84. The molecule has 1 aliphatic rings. The van der Waals surface area contributed by atoms with E-state index in [1.165, 1.54) is 11.1 Å². The van der Waals surface area contributed by atoms with E-state index in [9.17, 15) is 4.79 Å². The molecule has 3 N–H and O–H groups in total. The van der Waals surface area contributed by atoms with Crippen molar-refractivity contribution in [2.45, 2.75) is 25.3 Å². The number of benzene rings is 1. The zero-order valence-electron chi connectivity index (χ0n) is 8.29. The van der Waals surface area contributed by atoms with E-state index in [1.807, 2.05) is 6.07 Å². The summed E-state index contributed by atoms with van der Waals surface area (Å²) < 4.78 is 1.11. The molecule has 0 aromatic heterocycles. The minimum Gasteiger partial charge on any atom is -0.352 e. The maximum absolute atomic E-state index is 10.7. The molecular weight excluding hydrogens is 256 g/mol. The number of nitrogens with one attached hydrogen (secondary N) is 1. The quantitative estimate of drug-likeness (QED) is 0.804. The third kappa shape index (κ3) is 2.50. The molecule has 15 heavy (non-hydrogen) atoms. The molecule has 4 heteroatoms. The number of aryl methyl sites for hydroxylation is 1. The number of urea groups is 1. The van der Waals surface area contributed by atoms with E-state index in [0.29, 0.717) is 0 Å². The van der Waals surface area contributed by atoms with E-state index in [1.54, 1.807) is 0 Å². The van der Waals surface area contributed by atoms with Gasteiger partial charge in [-0.05, 0) is 42.5 Å². The number of fused-ring (bicyclic) bond motifs is 1. The first-order valence-corrected chi connectivity index (χ1v) is 5.78. The van der Waals surface area contributed by atoms with Crippen LogP contribution in [-0.2, 0) is 12.8 Å². The highest BCUT2D eigenvalue weighted by Gasteiger charge is 2.19. The average molecular weight is 269 g/mol. The lowest BCUT2D eigenvalue weighted by Gasteiger charge is -2.24. The zero-order chi connectivity index (χ0) is 10.8. The largest absolute Gasteiger partial charge is 0.352 e. The number of nitrogens with two attached hydrogens (primary N) is 1. The van der Waals surface area contributed by atoms with Crippen molar-refractivity contribution < 1.29 is 4.79 Å². The molecule has 80 valence electrons. The standard InChI is InChI=1S/C11H13BrN2O/c12-9-3-1-8-6-10(14-11(13)15)4-2-7(8)5-9/h1,3,5,10H,2,4,6H2,(H3,13,14,15). The minimum atomic E-state index is -0.430. The fourth-order valence-corrected chi connectivity index (χ4v) is 2.46. The average Bonchev–Trinajstić information content (AvgIpc) is 2.17. The first kappa shape index (κ1) is 10.5. The SMILES string of the molecule is NC(=O)NC1CCc2cc(Br)ccc2C1. The lowest BCUT2D eigenvalue weighted by molar-refractivity contribution is 0.244.